The summed E-state index contributed by atoms with van der Waals surface area (Å²) in [7, 11) is 0. The van der Waals surface area contributed by atoms with Gasteiger partial charge in [0.1, 0.15) is 0 Å². The molecule has 19 heavy (non-hydrogen) atoms. The lowest BCUT2D eigenvalue weighted by Crippen LogP contribution is -2.46. The fourth-order valence-electron chi connectivity index (χ4n) is 3.30. The largest absolute Gasteiger partial charge is 0.350 e. The molecule has 2 nitrogen and oxygen atoms in total. The molecule has 1 unspecified atom stereocenters. The van der Waals surface area contributed by atoms with E-state index in [-0.39, 0.29) is 5.79 Å². The Morgan fingerprint density at radius 1 is 1.05 bits per heavy atom. The van der Waals surface area contributed by atoms with Gasteiger partial charge in [-0.2, -0.15) is 0 Å². The SMILES string of the molecule is c1ccc(CCC2CCOC3(CCCCC3)O2)cc1. The van der Waals surface area contributed by atoms with E-state index in [1.165, 1.54) is 24.8 Å². The van der Waals surface area contributed by atoms with Crippen molar-refractivity contribution in [3.05, 3.63) is 35.9 Å². The van der Waals surface area contributed by atoms with Gasteiger partial charge in [0.15, 0.2) is 5.79 Å². The quantitative estimate of drug-likeness (QED) is 0.815. The van der Waals surface area contributed by atoms with Crippen LogP contribution in [0.2, 0.25) is 0 Å². The normalized spacial score (nSPS) is 26.4. The van der Waals surface area contributed by atoms with Gasteiger partial charge in [0.25, 0.3) is 0 Å². The molecule has 1 aromatic carbocycles. The van der Waals surface area contributed by atoms with Gasteiger partial charge in [0, 0.05) is 12.8 Å². The standard InChI is InChI=1S/C17H24O2/c1-3-7-15(8-4-1)9-10-16-11-14-18-17(19-16)12-5-2-6-13-17/h1,3-4,7-8,16H,2,5-6,9-14H2. The second kappa shape index (κ2) is 6.06. The maximum absolute atomic E-state index is 6.31. The molecule has 1 saturated carbocycles. The van der Waals surface area contributed by atoms with E-state index in [1.807, 2.05) is 0 Å². The molecule has 2 fully saturated rings. The Labute approximate surface area is 116 Å². The zero-order valence-corrected chi connectivity index (χ0v) is 11.6. The van der Waals surface area contributed by atoms with Crippen LogP contribution < -0.4 is 0 Å². The Morgan fingerprint density at radius 3 is 2.63 bits per heavy atom. The van der Waals surface area contributed by atoms with Crippen molar-refractivity contribution in [2.75, 3.05) is 6.61 Å². The number of aryl methyl sites for hydroxylation is 1. The molecule has 1 heterocycles. The van der Waals surface area contributed by atoms with E-state index in [0.717, 1.165) is 38.7 Å². The Kier molecular flexibility index (Phi) is 4.19. The van der Waals surface area contributed by atoms with Crippen LogP contribution in [0.15, 0.2) is 30.3 Å². The molecule has 3 rings (SSSR count). The predicted molar refractivity (Wildman–Crippen MR) is 76.0 cm³/mol. The summed E-state index contributed by atoms with van der Waals surface area (Å²) in [5.41, 5.74) is 1.41. The average molecular weight is 260 g/mol. The lowest BCUT2D eigenvalue weighted by atomic mass is 9.92. The molecule has 104 valence electrons. The first-order valence-corrected chi connectivity index (χ1v) is 7.72. The van der Waals surface area contributed by atoms with Gasteiger partial charge in [-0.1, -0.05) is 36.8 Å². The van der Waals surface area contributed by atoms with Gasteiger partial charge in [-0.3, -0.25) is 0 Å². The first kappa shape index (κ1) is 13.1. The third kappa shape index (κ3) is 3.37. The minimum Gasteiger partial charge on any atom is -0.350 e. The molecule has 0 aromatic heterocycles. The molecule has 0 bridgehead atoms. The van der Waals surface area contributed by atoms with Crippen LogP contribution in [0, 0.1) is 0 Å². The molecule has 1 spiro atoms. The van der Waals surface area contributed by atoms with Gasteiger partial charge in [-0.25, -0.2) is 0 Å². The zero-order valence-electron chi connectivity index (χ0n) is 11.6. The highest BCUT2D eigenvalue weighted by molar-refractivity contribution is 5.14. The molecule has 1 aliphatic heterocycles. The summed E-state index contributed by atoms with van der Waals surface area (Å²) in [6.07, 6.45) is 9.70. The van der Waals surface area contributed by atoms with Gasteiger partial charge in [0.2, 0.25) is 0 Å². The minimum atomic E-state index is -0.224. The highest BCUT2D eigenvalue weighted by Crippen LogP contribution is 2.37. The van der Waals surface area contributed by atoms with Crippen molar-refractivity contribution in [2.24, 2.45) is 0 Å². The van der Waals surface area contributed by atoms with Crippen LogP contribution >= 0.6 is 0 Å². The Hall–Kier alpha value is -0.860. The van der Waals surface area contributed by atoms with Gasteiger partial charge < -0.3 is 9.47 Å². The highest BCUT2D eigenvalue weighted by atomic mass is 16.7. The number of rotatable bonds is 3. The van der Waals surface area contributed by atoms with E-state index in [0.29, 0.717) is 6.10 Å². The molecule has 1 aromatic rings. The third-order valence-corrected chi connectivity index (χ3v) is 4.40. The monoisotopic (exact) mass is 260 g/mol. The Balaban J connectivity index is 1.53. The summed E-state index contributed by atoms with van der Waals surface area (Å²) in [6.45, 7) is 0.874. The van der Waals surface area contributed by atoms with Crippen molar-refractivity contribution in [1.82, 2.24) is 0 Å². The van der Waals surface area contributed by atoms with Crippen LogP contribution in [-0.4, -0.2) is 18.5 Å². The number of ether oxygens (including phenoxy) is 2. The van der Waals surface area contributed by atoms with E-state index in [2.05, 4.69) is 30.3 Å². The molecule has 0 radical (unpaired) electrons. The zero-order chi connectivity index (χ0) is 13.0. The van der Waals surface area contributed by atoms with Crippen molar-refractivity contribution in [1.29, 1.82) is 0 Å². The van der Waals surface area contributed by atoms with Gasteiger partial charge >= 0.3 is 0 Å². The summed E-state index contributed by atoms with van der Waals surface area (Å²) >= 11 is 0. The second-order valence-corrected chi connectivity index (χ2v) is 5.87. The van der Waals surface area contributed by atoms with Crippen molar-refractivity contribution in [3.8, 4) is 0 Å². The smallest absolute Gasteiger partial charge is 0.168 e. The van der Waals surface area contributed by atoms with Crippen LogP contribution in [0.4, 0.5) is 0 Å². The van der Waals surface area contributed by atoms with Crippen LogP contribution in [0.3, 0.4) is 0 Å². The molecule has 1 atom stereocenters. The molecule has 1 aliphatic carbocycles. The Morgan fingerprint density at radius 2 is 1.84 bits per heavy atom. The van der Waals surface area contributed by atoms with Crippen LogP contribution in [0.1, 0.15) is 50.5 Å². The number of hydrogen-bond donors (Lipinski definition) is 0. The summed E-state index contributed by atoms with van der Waals surface area (Å²) < 4.78 is 12.3. The first-order valence-electron chi connectivity index (χ1n) is 7.72. The number of hydrogen-bond acceptors (Lipinski definition) is 2. The van der Waals surface area contributed by atoms with Crippen molar-refractivity contribution in [3.63, 3.8) is 0 Å². The van der Waals surface area contributed by atoms with E-state index >= 15 is 0 Å². The molecule has 0 amide bonds. The predicted octanol–water partition coefficient (Wildman–Crippen LogP) is 4.09. The first-order chi connectivity index (χ1) is 9.36. The molecule has 1 saturated heterocycles. The average Bonchev–Trinajstić information content (AvgIpc) is 2.47. The summed E-state index contributed by atoms with van der Waals surface area (Å²) in [5, 5.41) is 0. The summed E-state index contributed by atoms with van der Waals surface area (Å²) in [5.74, 6) is -0.224. The second-order valence-electron chi connectivity index (χ2n) is 5.87. The van der Waals surface area contributed by atoms with Crippen molar-refractivity contribution < 1.29 is 9.47 Å². The van der Waals surface area contributed by atoms with Crippen LogP contribution in [0.5, 0.6) is 0 Å². The van der Waals surface area contributed by atoms with Gasteiger partial charge in [0.05, 0.1) is 12.7 Å². The third-order valence-electron chi connectivity index (χ3n) is 4.40. The molecule has 2 heteroatoms. The lowest BCUT2D eigenvalue weighted by molar-refractivity contribution is -0.305. The van der Waals surface area contributed by atoms with Crippen molar-refractivity contribution in [2.45, 2.75) is 63.3 Å². The highest BCUT2D eigenvalue weighted by Gasteiger charge is 2.39. The van der Waals surface area contributed by atoms with Crippen LogP contribution in [0.25, 0.3) is 0 Å². The lowest BCUT2D eigenvalue weighted by Gasteiger charge is -2.43. The molecular formula is C17H24O2. The van der Waals surface area contributed by atoms with E-state index < -0.39 is 0 Å². The fourth-order valence-corrected chi connectivity index (χ4v) is 3.30. The maximum atomic E-state index is 6.31. The molecule has 0 N–H and O–H groups in total. The molecular weight excluding hydrogens is 236 g/mol. The number of benzene rings is 1. The van der Waals surface area contributed by atoms with E-state index in [1.54, 1.807) is 0 Å². The topological polar surface area (TPSA) is 18.5 Å². The van der Waals surface area contributed by atoms with Crippen LogP contribution in [-0.2, 0) is 15.9 Å². The molecule has 2 aliphatic rings. The fraction of sp³-hybridized carbons (Fsp3) is 0.647. The van der Waals surface area contributed by atoms with Gasteiger partial charge in [-0.05, 0) is 37.7 Å². The summed E-state index contributed by atoms with van der Waals surface area (Å²) in [6, 6.07) is 10.7. The Bertz CT molecular complexity index is 376. The minimum absolute atomic E-state index is 0.224. The van der Waals surface area contributed by atoms with E-state index in [4.69, 9.17) is 9.47 Å². The van der Waals surface area contributed by atoms with E-state index in [9.17, 15) is 0 Å². The van der Waals surface area contributed by atoms with Gasteiger partial charge in [-0.15, -0.1) is 0 Å². The summed E-state index contributed by atoms with van der Waals surface area (Å²) in [4.78, 5) is 0. The van der Waals surface area contributed by atoms with Crippen molar-refractivity contribution >= 4 is 0 Å². The maximum Gasteiger partial charge on any atom is 0.168 e.